The summed E-state index contributed by atoms with van der Waals surface area (Å²) in [5.41, 5.74) is 2.93. The summed E-state index contributed by atoms with van der Waals surface area (Å²) in [6, 6.07) is 6.35. The number of fused-ring (bicyclic) bond motifs is 1. The molecule has 1 saturated heterocycles. The first-order chi connectivity index (χ1) is 14.0. The van der Waals surface area contributed by atoms with Crippen LogP contribution < -0.4 is 4.90 Å². The zero-order valence-corrected chi connectivity index (χ0v) is 17.7. The quantitative estimate of drug-likeness (QED) is 0.541. The molecule has 152 valence electrons. The van der Waals surface area contributed by atoms with Crippen LogP contribution in [0.25, 0.3) is 16.6 Å². The van der Waals surface area contributed by atoms with E-state index in [-0.39, 0.29) is 19.1 Å². The number of carboxylic acids is 1. The number of ether oxygens (including phenoxy) is 1. The van der Waals surface area contributed by atoms with Crippen molar-refractivity contribution in [3.05, 3.63) is 40.9 Å². The van der Waals surface area contributed by atoms with Crippen LogP contribution in [0.15, 0.2) is 35.3 Å². The Kier molecular flexibility index (Phi) is 5.77. The molecule has 2 aromatic heterocycles. The summed E-state index contributed by atoms with van der Waals surface area (Å²) < 4.78 is 8.39. The van der Waals surface area contributed by atoms with Crippen molar-refractivity contribution in [2.24, 2.45) is 0 Å². The Labute approximate surface area is 176 Å². The van der Waals surface area contributed by atoms with Crippen LogP contribution in [0.2, 0.25) is 0 Å². The van der Waals surface area contributed by atoms with Gasteiger partial charge in [-0.2, -0.15) is 5.10 Å². The van der Waals surface area contributed by atoms with Gasteiger partial charge < -0.3 is 14.7 Å². The molecule has 1 aliphatic heterocycles. The molecule has 0 bridgehead atoms. The van der Waals surface area contributed by atoms with Crippen molar-refractivity contribution in [1.29, 1.82) is 0 Å². The molecule has 1 aliphatic rings. The van der Waals surface area contributed by atoms with Gasteiger partial charge in [-0.15, -0.1) is 0 Å². The number of pyridine rings is 1. The van der Waals surface area contributed by atoms with Crippen molar-refractivity contribution in [3.63, 3.8) is 0 Å². The molecule has 9 heteroatoms. The van der Waals surface area contributed by atoms with E-state index < -0.39 is 5.97 Å². The van der Waals surface area contributed by atoms with Gasteiger partial charge in [0, 0.05) is 22.5 Å². The van der Waals surface area contributed by atoms with Crippen molar-refractivity contribution < 1.29 is 14.6 Å². The van der Waals surface area contributed by atoms with Crippen molar-refractivity contribution in [3.8, 4) is 5.69 Å². The molecule has 0 aliphatic carbocycles. The minimum atomic E-state index is -0.845. The number of aryl methyl sites for hydroxylation is 1. The number of hydrogen-bond acceptors (Lipinski definition) is 6. The Morgan fingerprint density at radius 1 is 1.38 bits per heavy atom. The van der Waals surface area contributed by atoms with Crippen LogP contribution in [-0.2, 0) is 9.53 Å². The van der Waals surface area contributed by atoms with Gasteiger partial charge in [0.1, 0.15) is 18.5 Å². The molecule has 0 unspecified atom stereocenters. The third kappa shape index (κ3) is 4.25. The van der Waals surface area contributed by atoms with Gasteiger partial charge >= 0.3 is 5.97 Å². The van der Waals surface area contributed by atoms with Gasteiger partial charge in [0.15, 0.2) is 0 Å². The molecule has 4 rings (SSSR count). The van der Waals surface area contributed by atoms with Gasteiger partial charge in [-0.05, 0) is 37.5 Å². The minimum Gasteiger partial charge on any atom is -0.481 e. The zero-order chi connectivity index (χ0) is 20.4. The van der Waals surface area contributed by atoms with Crippen LogP contribution in [0, 0.1) is 6.92 Å². The molecule has 1 fully saturated rings. The van der Waals surface area contributed by atoms with Crippen LogP contribution in [0.5, 0.6) is 0 Å². The SMILES string of the molecule is Cc1cc2c(-n3cncn3)cc(N3CCC[C@H]3COCCC(=O)O)nc2cc1Br. The fourth-order valence-corrected chi connectivity index (χ4v) is 4.01. The zero-order valence-electron chi connectivity index (χ0n) is 16.1. The Bertz CT molecular complexity index is 1020. The lowest BCUT2D eigenvalue weighted by Gasteiger charge is -2.26. The maximum absolute atomic E-state index is 10.7. The molecule has 3 heterocycles. The molecule has 8 nitrogen and oxygen atoms in total. The summed E-state index contributed by atoms with van der Waals surface area (Å²) in [6.07, 6.45) is 5.26. The number of aromatic nitrogens is 4. The average molecular weight is 460 g/mol. The monoisotopic (exact) mass is 459 g/mol. The van der Waals surface area contributed by atoms with Crippen LogP contribution >= 0.6 is 15.9 Å². The lowest BCUT2D eigenvalue weighted by Crippen LogP contribution is -2.34. The summed E-state index contributed by atoms with van der Waals surface area (Å²) in [6.45, 7) is 3.65. The highest BCUT2D eigenvalue weighted by molar-refractivity contribution is 9.10. The number of halogens is 1. The first-order valence-electron chi connectivity index (χ1n) is 9.55. The number of carboxylic acid groups (broad SMARTS) is 1. The maximum Gasteiger partial charge on any atom is 0.305 e. The summed E-state index contributed by atoms with van der Waals surface area (Å²) in [7, 11) is 0. The number of aliphatic carboxylic acids is 1. The van der Waals surface area contributed by atoms with Gasteiger partial charge in [0.25, 0.3) is 0 Å². The van der Waals surface area contributed by atoms with E-state index in [0.717, 1.165) is 51.8 Å². The predicted molar refractivity (Wildman–Crippen MR) is 113 cm³/mol. The molecular formula is C20H22BrN5O3. The second-order valence-electron chi connectivity index (χ2n) is 7.17. The lowest BCUT2D eigenvalue weighted by molar-refractivity contribution is -0.138. The van der Waals surface area contributed by atoms with E-state index >= 15 is 0 Å². The fraction of sp³-hybridized carbons (Fsp3) is 0.400. The minimum absolute atomic E-state index is 0.0186. The smallest absolute Gasteiger partial charge is 0.305 e. The summed E-state index contributed by atoms with van der Waals surface area (Å²) in [5, 5.41) is 14.1. The van der Waals surface area contributed by atoms with E-state index in [1.165, 1.54) is 6.33 Å². The van der Waals surface area contributed by atoms with Gasteiger partial charge in [0.05, 0.1) is 36.9 Å². The highest BCUT2D eigenvalue weighted by Crippen LogP contribution is 2.32. The van der Waals surface area contributed by atoms with Gasteiger partial charge in [-0.3, -0.25) is 4.79 Å². The molecule has 1 aromatic carbocycles. The van der Waals surface area contributed by atoms with Crippen LogP contribution in [0.3, 0.4) is 0 Å². The highest BCUT2D eigenvalue weighted by Gasteiger charge is 2.27. The largest absolute Gasteiger partial charge is 0.481 e. The highest BCUT2D eigenvalue weighted by atomic mass is 79.9. The van der Waals surface area contributed by atoms with E-state index in [1.807, 2.05) is 19.1 Å². The second kappa shape index (κ2) is 8.46. The summed E-state index contributed by atoms with van der Waals surface area (Å²) in [4.78, 5) is 21.9. The molecule has 1 N–H and O–H groups in total. The van der Waals surface area contributed by atoms with Gasteiger partial charge in [-0.25, -0.2) is 14.6 Å². The number of hydrogen-bond donors (Lipinski definition) is 1. The molecule has 3 aromatic rings. The van der Waals surface area contributed by atoms with Crippen LogP contribution in [0.1, 0.15) is 24.8 Å². The number of benzene rings is 1. The normalized spacial score (nSPS) is 16.6. The Morgan fingerprint density at radius 3 is 3.00 bits per heavy atom. The summed E-state index contributed by atoms with van der Waals surface area (Å²) >= 11 is 3.61. The third-order valence-electron chi connectivity index (χ3n) is 5.16. The Hall–Kier alpha value is -2.52. The van der Waals surface area contributed by atoms with Crippen molar-refractivity contribution in [1.82, 2.24) is 19.7 Å². The van der Waals surface area contributed by atoms with Crippen molar-refractivity contribution >= 4 is 38.6 Å². The average Bonchev–Trinajstić information content (AvgIpc) is 3.37. The number of anilines is 1. The Morgan fingerprint density at radius 2 is 2.24 bits per heavy atom. The predicted octanol–water partition coefficient (Wildman–Crippen LogP) is 3.35. The topological polar surface area (TPSA) is 93.4 Å². The standard InChI is InChI=1S/C20H22BrN5O3/c1-13-7-15-17(8-16(13)21)24-19(9-18(15)26-12-22-11-23-26)25-5-2-3-14(25)10-29-6-4-20(27)28/h7-9,11-12,14H,2-6,10H2,1H3,(H,27,28)/t14-/m0/s1. The molecule has 0 spiro atoms. The van der Waals surface area contributed by atoms with E-state index in [0.29, 0.717) is 6.61 Å². The Balaban J connectivity index is 1.68. The molecule has 0 saturated carbocycles. The summed E-state index contributed by atoms with van der Waals surface area (Å²) in [5.74, 6) is 0.0194. The molecule has 0 amide bonds. The number of rotatable bonds is 7. The lowest BCUT2D eigenvalue weighted by atomic mass is 10.1. The van der Waals surface area contributed by atoms with E-state index in [9.17, 15) is 4.79 Å². The van der Waals surface area contributed by atoms with Crippen molar-refractivity contribution in [2.45, 2.75) is 32.2 Å². The van der Waals surface area contributed by atoms with Crippen molar-refractivity contribution in [2.75, 3.05) is 24.7 Å². The van der Waals surface area contributed by atoms with Crippen LogP contribution in [0.4, 0.5) is 5.82 Å². The fourth-order valence-electron chi connectivity index (χ4n) is 3.68. The van der Waals surface area contributed by atoms with Crippen LogP contribution in [-0.4, -0.2) is 56.6 Å². The van der Waals surface area contributed by atoms with E-state index in [4.69, 9.17) is 14.8 Å². The van der Waals surface area contributed by atoms with E-state index in [2.05, 4.69) is 37.0 Å². The third-order valence-corrected chi connectivity index (χ3v) is 6.02. The maximum atomic E-state index is 10.7. The molecule has 0 radical (unpaired) electrons. The van der Waals surface area contributed by atoms with E-state index in [1.54, 1.807) is 11.0 Å². The van der Waals surface area contributed by atoms with Gasteiger partial charge in [-0.1, -0.05) is 15.9 Å². The number of carbonyl (C=O) groups is 1. The number of nitrogens with zero attached hydrogens (tertiary/aromatic N) is 5. The first-order valence-corrected chi connectivity index (χ1v) is 10.3. The second-order valence-corrected chi connectivity index (χ2v) is 8.02. The molecule has 29 heavy (non-hydrogen) atoms. The molecular weight excluding hydrogens is 438 g/mol. The van der Waals surface area contributed by atoms with Gasteiger partial charge in [0.2, 0.25) is 0 Å². The molecule has 1 atom stereocenters. The first kappa shape index (κ1) is 19.8.